The summed E-state index contributed by atoms with van der Waals surface area (Å²) in [5.41, 5.74) is 0. The van der Waals surface area contributed by atoms with Crippen molar-refractivity contribution >= 4 is 16.3 Å². The van der Waals surface area contributed by atoms with Crippen molar-refractivity contribution in [1.82, 2.24) is 0 Å². The van der Waals surface area contributed by atoms with Gasteiger partial charge in [-0.05, 0) is 6.42 Å². The molecule has 0 aromatic rings. The van der Waals surface area contributed by atoms with Gasteiger partial charge in [-0.3, -0.25) is 0 Å². The molecule has 12 heavy (non-hydrogen) atoms. The SMILES string of the molecule is O=C(F)OCCCS(=O)(=O)[O-].[Na+]. The van der Waals surface area contributed by atoms with Crippen molar-refractivity contribution in [1.29, 1.82) is 0 Å². The maximum atomic E-state index is 11.2. The van der Waals surface area contributed by atoms with Crippen molar-refractivity contribution in [3.05, 3.63) is 0 Å². The molecule has 0 fully saturated rings. The van der Waals surface area contributed by atoms with Crippen LogP contribution in [0.3, 0.4) is 0 Å². The summed E-state index contributed by atoms with van der Waals surface area (Å²) >= 11 is 0. The number of hydrogen-bond acceptors (Lipinski definition) is 5. The maximum Gasteiger partial charge on any atom is 1.00 e. The van der Waals surface area contributed by atoms with Gasteiger partial charge in [-0.25, -0.2) is 13.2 Å². The fraction of sp³-hybridized carbons (Fsp3) is 0.750. The Balaban J connectivity index is 0. The molecule has 0 aromatic heterocycles. The van der Waals surface area contributed by atoms with E-state index in [4.69, 9.17) is 0 Å². The molecular weight excluding hydrogens is 202 g/mol. The standard InChI is InChI=1S/C4H7FO5S.Na/c5-4(6)10-2-1-3-11(7,8)9;/h1-3H2,(H,7,8,9);/q;+1/p-1. The number of halogens is 1. The van der Waals surface area contributed by atoms with E-state index in [0.29, 0.717) is 0 Å². The molecule has 0 N–H and O–H groups in total. The van der Waals surface area contributed by atoms with Crippen molar-refractivity contribution in [3.63, 3.8) is 0 Å². The molecule has 0 aliphatic rings. The van der Waals surface area contributed by atoms with Gasteiger partial charge in [0.2, 0.25) is 0 Å². The van der Waals surface area contributed by atoms with E-state index in [0.717, 1.165) is 0 Å². The Labute approximate surface area is 91.3 Å². The van der Waals surface area contributed by atoms with Crippen LogP contribution < -0.4 is 29.6 Å². The fourth-order valence-electron chi connectivity index (χ4n) is 0.388. The van der Waals surface area contributed by atoms with Crippen molar-refractivity contribution in [2.75, 3.05) is 12.4 Å². The molecule has 0 amide bonds. The number of ether oxygens (including phenoxy) is 1. The molecule has 0 spiro atoms. The molecule has 8 heteroatoms. The minimum Gasteiger partial charge on any atom is -0.748 e. The molecule has 5 nitrogen and oxygen atoms in total. The molecule has 0 radical (unpaired) electrons. The van der Waals surface area contributed by atoms with Crippen LogP contribution >= 0.6 is 0 Å². The van der Waals surface area contributed by atoms with Crippen LogP contribution in [0.1, 0.15) is 6.42 Å². The molecule has 0 saturated heterocycles. The molecular formula is C4H6FNaO5S. The van der Waals surface area contributed by atoms with Crippen LogP contribution in [0.4, 0.5) is 9.18 Å². The third kappa shape index (κ3) is 12.9. The van der Waals surface area contributed by atoms with Crippen LogP contribution in [0.15, 0.2) is 0 Å². The van der Waals surface area contributed by atoms with E-state index < -0.39 is 28.7 Å². The van der Waals surface area contributed by atoms with E-state index in [1.807, 2.05) is 0 Å². The quantitative estimate of drug-likeness (QED) is 0.213. The smallest absolute Gasteiger partial charge is 0.748 e. The first-order valence-electron chi connectivity index (χ1n) is 2.67. The van der Waals surface area contributed by atoms with E-state index in [-0.39, 0.29) is 36.0 Å². The Morgan fingerprint density at radius 1 is 1.50 bits per heavy atom. The van der Waals surface area contributed by atoms with Crippen LogP contribution in [0.5, 0.6) is 0 Å². The zero-order chi connectivity index (χ0) is 8.91. The average molecular weight is 208 g/mol. The molecule has 0 atom stereocenters. The molecule has 0 rings (SSSR count). The molecule has 0 aliphatic carbocycles. The van der Waals surface area contributed by atoms with Crippen LogP contribution in [0.2, 0.25) is 0 Å². The predicted molar refractivity (Wildman–Crippen MR) is 31.6 cm³/mol. The summed E-state index contributed by atoms with van der Waals surface area (Å²) in [6.07, 6.45) is -2.16. The number of carbonyl (C=O) groups is 1. The van der Waals surface area contributed by atoms with E-state index in [9.17, 15) is 22.2 Å². The van der Waals surface area contributed by atoms with Gasteiger partial charge >= 0.3 is 35.8 Å². The molecule has 66 valence electrons. The second-order valence-electron chi connectivity index (χ2n) is 1.70. The normalized spacial score (nSPS) is 10.2. The molecule has 0 heterocycles. The van der Waals surface area contributed by atoms with E-state index in [1.165, 1.54) is 0 Å². The van der Waals surface area contributed by atoms with Crippen LogP contribution in [0, 0.1) is 0 Å². The molecule has 0 saturated carbocycles. The second-order valence-corrected chi connectivity index (χ2v) is 3.23. The summed E-state index contributed by atoms with van der Waals surface area (Å²) in [5.74, 6) is -0.653. The Bertz CT molecular complexity index is 226. The van der Waals surface area contributed by atoms with E-state index >= 15 is 0 Å². The first-order chi connectivity index (χ1) is 4.92. The number of carbonyl (C=O) groups excluding carboxylic acids is 1. The predicted octanol–water partition coefficient (Wildman–Crippen LogP) is -2.97. The van der Waals surface area contributed by atoms with Crippen LogP contribution in [-0.4, -0.2) is 31.6 Å². The molecule has 0 aromatic carbocycles. The summed E-state index contributed by atoms with van der Waals surface area (Å²) < 4.78 is 44.6. The van der Waals surface area contributed by atoms with Crippen LogP contribution in [-0.2, 0) is 14.9 Å². The molecule has 0 bridgehead atoms. The van der Waals surface area contributed by atoms with Gasteiger partial charge in [0.05, 0.1) is 16.7 Å². The van der Waals surface area contributed by atoms with E-state index in [1.54, 1.807) is 0 Å². The van der Waals surface area contributed by atoms with Gasteiger partial charge in [0, 0.05) is 5.75 Å². The number of rotatable bonds is 4. The summed E-state index contributed by atoms with van der Waals surface area (Å²) in [6.45, 7) is -0.392. The van der Waals surface area contributed by atoms with Crippen molar-refractivity contribution in [2.24, 2.45) is 0 Å². The maximum absolute atomic E-state index is 11.2. The minimum atomic E-state index is -4.29. The van der Waals surface area contributed by atoms with Gasteiger partial charge < -0.3 is 9.29 Å². The van der Waals surface area contributed by atoms with Gasteiger partial charge in [-0.1, -0.05) is 0 Å². The van der Waals surface area contributed by atoms with Crippen molar-refractivity contribution in [3.8, 4) is 0 Å². The van der Waals surface area contributed by atoms with Crippen molar-refractivity contribution < 1.29 is 56.4 Å². The monoisotopic (exact) mass is 208 g/mol. The fourth-order valence-corrected chi connectivity index (χ4v) is 0.860. The van der Waals surface area contributed by atoms with Gasteiger partial charge in [-0.2, -0.15) is 0 Å². The van der Waals surface area contributed by atoms with Gasteiger partial charge in [-0.15, -0.1) is 4.39 Å². The van der Waals surface area contributed by atoms with Gasteiger partial charge in [0.15, 0.2) is 0 Å². The first-order valence-corrected chi connectivity index (χ1v) is 4.25. The Hall–Kier alpha value is 0.310. The Morgan fingerprint density at radius 2 is 2.00 bits per heavy atom. The van der Waals surface area contributed by atoms with Gasteiger partial charge in [0.1, 0.15) is 0 Å². The first kappa shape index (κ1) is 14.8. The van der Waals surface area contributed by atoms with Gasteiger partial charge in [0.25, 0.3) is 0 Å². The zero-order valence-corrected chi connectivity index (χ0v) is 9.27. The average Bonchev–Trinajstić information content (AvgIpc) is 1.78. The molecule has 0 aliphatic heterocycles. The third-order valence-electron chi connectivity index (χ3n) is 0.754. The summed E-state index contributed by atoms with van der Waals surface area (Å²) in [7, 11) is -4.29. The largest absolute Gasteiger partial charge is 1.00 e. The number of hydrogen-bond donors (Lipinski definition) is 0. The third-order valence-corrected chi connectivity index (χ3v) is 1.54. The van der Waals surface area contributed by atoms with Crippen molar-refractivity contribution in [2.45, 2.75) is 6.42 Å². The summed E-state index contributed by atoms with van der Waals surface area (Å²) in [6, 6.07) is 0. The van der Waals surface area contributed by atoms with E-state index in [2.05, 4.69) is 4.74 Å². The Kier molecular flexibility index (Phi) is 8.38. The minimum absolute atomic E-state index is 0. The van der Waals surface area contributed by atoms with Crippen LogP contribution in [0.25, 0.3) is 0 Å². The second kappa shape index (κ2) is 6.79. The summed E-state index contributed by atoms with van der Waals surface area (Å²) in [5, 5.41) is 0. The summed E-state index contributed by atoms with van der Waals surface area (Å²) in [4.78, 5) is 9.45. The topological polar surface area (TPSA) is 83.5 Å². The zero-order valence-electron chi connectivity index (χ0n) is 6.45. The Morgan fingerprint density at radius 3 is 2.33 bits per heavy atom. The molecule has 0 unspecified atom stereocenters.